The van der Waals surface area contributed by atoms with Gasteiger partial charge >= 0.3 is 0 Å². The van der Waals surface area contributed by atoms with E-state index in [1.165, 1.54) is 25.3 Å². The molecule has 2 N–H and O–H groups in total. The molecule has 0 aliphatic carbocycles. The third-order valence-corrected chi connectivity index (χ3v) is 5.64. The zero-order valence-electron chi connectivity index (χ0n) is 15.1. The molecule has 1 amide bonds. The van der Waals surface area contributed by atoms with Crippen molar-refractivity contribution in [2.75, 3.05) is 13.1 Å². The molecule has 0 atom stereocenters. The number of carbonyl (C=O) groups is 1. The van der Waals surface area contributed by atoms with Gasteiger partial charge in [-0.15, -0.1) is 0 Å². The fourth-order valence-electron chi connectivity index (χ4n) is 2.86. The predicted octanol–water partition coefficient (Wildman–Crippen LogP) is 4.69. The van der Waals surface area contributed by atoms with Crippen LogP contribution >= 0.6 is 23.5 Å². The smallest absolute Gasteiger partial charge is 0.271 e. The number of benzene rings is 2. The summed E-state index contributed by atoms with van der Waals surface area (Å²) < 4.78 is 2.34. The van der Waals surface area contributed by atoms with Crippen LogP contribution in [0.1, 0.15) is 42.1 Å². The first-order valence-electron chi connectivity index (χ1n) is 8.89. The molecule has 3 rings (SSSR count). The van der Waals surface area contributed by atoms with E-state index in [4.69, 9.17) is 11.6 Å². The van der Waals surface area contributed by atoms with Crippen LogP contribution in [-0.4, -0.2) is 34.1 Å². The average molecular weight is 404 g/mol. The van der Waals surface area contributed by atoms with Crippen molar-refractivity contribution < 1.29 is 9.90 Å². The monoisotopic (exact) mass is 403 g/mol. The molecule has 1 fully saturated rings. The van der Waals surface area contributed by atoms with Gasteiger partial charge in [0.05, 0.1) is 5.71 Å². The fraction of sp³-hybridized carbons (Fsp3) is 0.300. The Balaban J connectivity index is 1.67. The Morgan fingerprint density at radius 3 is 2.74 bits per heavy atom. The molecule has 7 heteroatoms. The lowest BCUT2D eigenvalue weighted by Gasteiger charge is -2.25. The van der Waals surface area contributed by atoms with Crippen molar-refractivity contribution in [1.29, 1.82) is 0 Å². The highest BCUT2D eigenvalue weighted by Crippen LogP contribution is 2.27. The van der Waals surface area contributed by atoms with Crippen LogP contribution < -0.4 is 5.43 Å². The molecular weight excluding hydrogens is 382 g/mol. The molecular formula is C20H22ClN3O2S. The molecule has 0 bridgehead atoms. The first kappa shape index (κ1) is 19.7. The zero-order chi connectivity index (χ0) is 19.2. The lowest BCUT2D eigenvalue weighted by Crippen LogP contribution is -2.23. The first-order chi connectivity index (χ1) is 13.0. The normalized spacial score (nSPS) is 15.6. The summed E-state index contributed by atoms with van der Waals surface area (Å²) in [5, 5.41) is 14.5. The number of amides is 1. The van der Waals surface area contributed by atoms with Crippen molar-refractivity contribution in [2.45, 2.75) is 31.1 Å². The van der Waals surface area contributed by atoms with Gasteiger partial charge in [-0.25, -0.2) is 9.73 Å². The Morgan fingerprint density at radius 1 is 1.19 bits per heavy atom. The molecule has 5 nitrogen and oxygen atoms in total. The summed E-state index contributed by atoms with van der Waals surface area (Å²) in [5.41, 5.74) is 4.05. The number of nitrogens with zero attached hydrogens (tertiary/aromatic N) is 2. The second kappa shape index (κ2) is 9.26. The quantitative estimate of drug-likeness (QED) is 0.431. The molecule has 0 saturated carbocycles. The number of nitrogens with one attached hydrogen (secondary N) is 1. The van der Waals surface area contributed by atoms with Gasteiger partial charge in [0.15, 0.2) is 0 Å². The van der Waals surface area contributed by atoms with Crippen LogP contribution in [0.4, 0.5) is 0 Å². The highest BCUT2D eigenvalue weighted by molar-refractivity contribution is 7.97. The lowest BCUT2D eigenvalue weighted by molar-refractivity contribution is 0.0954. The molecule has 0 unspecified atom stereocenters. The van der Waals surface area contributed by atoms with Gasteiger partial charge in [-0.1, -0.05) is 24.1 Å². The van der Waals surface area contributed by atoms with Crippen LogP contribution in [0, 0.1) is 0 Å². The Kier molecular flexibility index (Phi) is 6.77. The number of phenolic OH excluding ortho intramolecular Hbond substituents is 1. The van der Waals surface area contributed by atoms with Gasteiger partial charge in [0.2, 0.25) is 0 Å². The van der Waals surface area contributed by atoms with Crippen molar-refractivity contribution in [3.8, 4) is 5.75 Å². The third-order valence-electron chi connectivity index (χ3n) is 4.32. The SMILES string of the molecule is C/C(=N\NC(=O)c1cccc(SN2CCCCC2)c1)c1cc(Cl)ccc1O. The standard InChI is InChI=1S/C20H22ClN3O2S/c1-14(18-13-16(21)8-9-19(18)25)22-23-20(26)15-6-5-7-17(12-15)27-24-10-3-2-4-11-24/h5-9,12-13,25H,2-4,10-11H2,1H3,(H,23,26)/b22-14+. The zero-order valence-corrected chi connectivity index (χ0v) is 16.7. The maximum atomic E-state index is 12.4. The molecule has 0 radical (unpaired) electrons. The number of hydrazone groups is 1. The molecule has 27 heavy (non-hydrogen) atoms. The largest absolute Gasteiger partial charge is 0.507 e. The Labute approximate surface area is 168 Å². The van der Waals surface area contributed by atoms with E-state index in [1.54, 1.807) is 37.1 Å². The van der Waals surface area contributed by atoms with Gasteiger partial charge < -0.3 is 5.11 Å². The van der Waals surface area contributed by atoms with E-state index >= 15 is 0 Å². The highest BCUT2D eigenvalue weighted by atomic mass is 35.5. The molecule has 2 aromatic rings. The third kappa shape index (κ3) is 5.48. The van der Waals surface area contributed by atoms with Crippen LogP contribution in [0.5, 0.6) is 5.75 Å². The number of hydrogen-bond acceptors (Lipinski definition) is 5. The average Bonchev–Trinajstić information content (AvgIpc) is 2.68. The molecule has 1 saturated heterocycles. The van der Waals surface area contributed by atoms with Crippen LogP contribution in [-0.2, 0) is 0 Å². The van der Waals surface area contributed by atoms with E-state index in [-0.39, 0.29) is 11.7 Å². The number of aromatic hydroxyl groups is 1. The number of piperidine rings is 1. The second-order valence-electron chi connectivity index (χ2n) is 6.41. The summed E-state index contributed by atoms with van der Waals surface area (Å²) in [6.07, 6.45) is 3.73. The molecule has 0 aromatic heterocycles. The van der Waals surface area contributed by atoms with Crippen molar-refractivity contribution in [3.05, 3.63) is 58.6 Å². The van der Waals surface area contributed by atoms with E-state index in [0.29, 0.717) is 21.9 Å². The first-order valence-corrected chi connectivity index (χ1v) is 10.0. The summed E-state index contributed by atoms with van der Waals surface area (Å²) in [7, 11) is 0. The number of carbonyl (C=O) groups excluding carboxylic acids is 1. The van der Waals surface area contributed by atoms with Gasteiger partial charge in [0, 0.05) is 34.1 Å². The van der Waals surface area contributed by atoms with Crippen molar-refractivity contribution in [1.82, 2.24) is 9.73 Å². The number of hydrogen-bond donors (Lipinski definition) is 2. The minimum atomic E-state index is -0.294. The molecule has 0 spiro atoms. The molecule has 1 aliphatic rings. The molecule has 1 heterocycles. The Bertz CT molecular complexity index is 851. The topological polar surface area (TPSA) is 64.9 Å². The summed E-state index contributed by atoms with van der Waals surface area (Å²) in [4.78, 5) is 13.5. The summed E-state index contributed by atoms with van der Waals surface area (Å²) in [6, 6.07) is 12.2. The Morgan fingerprint density at radius 2 is 1.96 bits per heavy atom. The van der Waals surface area contributed by atoms with E-state index < -0.39 is 0 Å². The fourth-order valence-corrected chi connectivity index (χ4v) is 4.09. The maximum absolute atomic E-state index is 12.4. The number of phenols is 1. The van der Waals surface area contributed by atoms with Crippen LogP contribution in [0.25, 0.3) is 0 Å². The van der Waals surface area contributed by atoms with Gasteiger partial charge in [-0.2, -0.15) is 5.10 Å². The predicted molar refractivity (Wildman–Crippen MR) is 111 cm³/mol. The van der Waals surface area contributed by atoms with E-state index in [0.717, 1.165) is 18.0 Å². The number of halogens is 1. The minimum Gasteiger partial charge on any atom is -0.507 e. The number of rotatable bonds is 5. The summed E-state index contributed by atoms with van der Waals surface area (Å²) >= 11 is 7.65. The van der Waals surface area contributed by atoms with Crippen LogP contribution in [0.15, 0.2) is 52.5 Å². The lowest BCUT2D eigenvalue weighted by atomic mass is 10.1. The van der Waals surface area contributed by atoms with Gasteiger partial charge in [-0.05, 0) is 68.1 Å². The van der Waals surface area contributed by atoms with Crippen LogP contribution in [0.2, 0.25) is 5.02 Å². The van der Waals surface area contributed by atoms with Crippen molar-refractivity contribution >= 4 is 35.2 Å². The minimum absolute atomic E-state index is 0.0647. The molecule has 142 valence electrons. The van der Waals surface area contributed by atoms with E-state index in [1.807, 2.05) is 18.2 Å². The molecule has 1 aliphatic heterocycles. The maximum Gasteiger partial charge on any atom is 0.271 e. The summed E-state index contributed by atoms with van der Waals surface area (Å²) in [5.74, 6) is -0.230. The van der Waals surface area contributed by atoms with Crippen LogP contribution in [0.3, 0.4) is 0 Å². The van der Waals surface area contributed by atoms with E-state index in [2.05, 4.69) is 14.8 Å². The summed E-state index contributed by atoms with van der Waals surface area (Å²) in [6.45, 7) is 3.86. The van der Waals surface area contributed by atoms with Crippen molar-refractivity contribution in [2.24, 2.45) is 5.10 Å². The second-order valence-corrected chi connectivity index (χ2v) is 8.02. The van der Waals surface area contributed by atoms with E-state index in [9.17, 15) is 9.90 Å². The molecule has 2 aromatic carbocycles. The van der Waals surface area contributed by atoms with Gasteiger partial charge in [0.1, 0.15) is 5.75 Å². The van der Waals surface area contributed by atoms with Gasteiger partial charge in [-0.3, -0.25) is 4.79 Å². The van der Waals surface area contributed by atoms with Gasteiger partial charge in [0.25, 0.3) is 5.91 Å². The Hall–Kier alpha value is -2.02. The highest BCUT2D eigenvalue weighted by Gasteiger charge is 2.13. The van der Waals surface area contributed by atoms with Crippen molar-refractivity contribution in [3.63, 3.8) is 0 Å².